The zero-order valence-corrected chi connectivity index (χ0v) is 25.8. The Labute approximate surface area is 261 Å². The predicted octanol–water partition coefficient (Wildman–Crippen LogP) is 1.24. The molecular formula is C32H39N7O6. The minimum Gasteiger partial charge on any atom is -0.361 e. The highest BCUT2D eigenvalue weighted by atomic mass is 16.5. The minimum absolute atomic E-state index is 0.0340. The average molecular weight is 618 g/mol. The highest BCUT2D eigenvalue weighted by molar-refractivity contribution is 5.93. The lowest BCUT2D eigenvalue weighted by Crippen LogP contribution is -2.56. The van der Waals surface area contributed by atoms with E-state index in [2.05, 4.69) is 20.8 Å². The summed E-state index contributed by atoms with van der Waals surface area (Å²) in [6, 6.07) is 10.2. The van der Waals surface area contributed by atoms with E-state index in [4.69, 9.17) is 4.52 Å². The molecule has 4 atom stereocenters. The van der Waals surface area contributed by atoms with Crippen molar-refractivity contribution >= 4 is 29.4 Å². The number of ketones is 1. The maximum Gasteiger partial charge on any atom is 0.289 e. The number of hydrogen-bond donors (Lipinski definition) is 2. The van der Waals surface area contributed by atoms with Crippen molar-refractivity contribution in [2.75, 3.05) is 33.2 Å². The second-order valence-corrected chi connectivity index (χ2v) is 11.8. The third kappa shape index (κ3) is 7.30. The Morgan fingerprint density at radius 1 is 1.04 bits per heavy atom. The van der Waals surface area contributed by atoms with E-state index in [1.54, 1.807) is 58.9 Å². The molecule has 2 N–H and O–H groups in total. The van der Waals surface area contributed by atoms with Gasteiger partial charge in [-0.3, -0.25) is 24.0 Å². The van der Waals surface area contributed by atoms with Gasteiger partial charge < -0.3 is 29.5 Å². The van der Waals surface area contributed by atoms with Gasteiger partial charge in [0.25, 0.3) is 5.91 Å². The maximum atomic E-state index is 14.0. The second kappa shape index (κ2) is 13.9. The first-order chi connectivity index (χ1) is 21.6. The summed E-state index contributed by atoms with van der Waals surface area (Å²) >= 11 is 0. The number of piperidine rings is 1. The molecule has 0 spiro atoms. The highest BCUT2D eigenvalue weighted by Crippen LogP contribution is 2.29. The SMILES string of the molecule is CNC(=O)[C@@H](CC(=O)[C@H]1CN(C(=O)[C@H]2CCN(C(=O)c3nccn3C)C2)CC[C@@H]1NC(=O)Cc1cc(C)no1)c1ccccc1. The molecule has 2 aliphatic heterocycles. The molecule has 4 heterocycles. The van der Waals surface area contributed by atoms with Crippen molar-refractivity contribution in [1.29, 1.82) is 0 Å². The van der Waals surface area contributed by atoms with Crippen LogP contribution in [0.5, 0.6) is 0 Å². The number of hydrogen-bond acceptors (Lipinski definition) is 8. The van der Waals surface area contributed by atoms with Gasteiger partial charge in [-0.2, -0.15) is 0 Å². The zero-order chi connectivity index (χ0) is 32.1. The van der Waals surface area contributed by atoms with Crippen molar-refractivity contribution in [3.63, 3.8) is 0 Å². The lowest BCUT2D eigenvalue weighted by atomic mass is 9.82. The van der Waals surface area contributed by atoms with Gasteiger partial charge in [0, 0.05) is 71.2 Å². The second-order valence-electron chi connectivity index (χ2n) is 11.8. The van der Waals surface area contributed by atoms with Gasteiger partial charge in [0.15, 0.2) is 5.82 Å². The first-order valence-corrected chi connectivity index (χ1v) is 15.2. The molecular weight excluding hydrogens is 578 g/mol. The molecule has 2 aliphatic rings. The molecule has 1 aromatic carbocycles. The van der Waals surface area contributed by atoms with Crippen LogP contribution in [-0.4, -0.2) is 93.2 Å². The van der Waals surface area contributed by atoms with Gasteiger partial charge in [0.2, 0.25) is 17.7 Å². The third-order valence-corrected chi connectivity index (χ3v) is 8.70. The van der Waals surface area contributed by atoms with Crippen molar-refractivity contribution < 1.29 is 28.5 Å². The molecule has 3 aromatic rings. The van der Waals surface area contributed by atoms with Crippen LogP contribution in [0.2, 0.25) is 0 Å². The Bertz CT molecular complexity index is 1550. The van der Waals surface area contributed by atoms with Crippen LogP contribution in [0, 0.1) is 18.8 Å². The molecule has 2 saturated heterocycles. The first-order valence-electron chi connectivity index (χ1n) is 15.2. The number of benzene rings is 1. The number of aromatic nitrogens is 3. The summed E-state index contributed by atoms with van der Waals surface area (Å²) in [6.45, 7) is 2.91. The van der Waals surface area contributed by atoms with Gasteiger partial charge in [-0.15, -0.1) is 0 Å². The topological polar surface area (TPSA) is 160 Å². The van der Waals surface area contributed by atoms with Crippen molar-refractivity contribution in [3.8, 4) is 0 Å². The van der Waals surface area contributed by atoms with Crippen LogP contribution in [0.4, 0.5) is 0 Å². The Morgan fingerprint density at radius 3 is 2.47 bits per heavy atom. The molecule has 0 aliphatic carbocycles. The Morgan fingerprint density at radius 2 is 1.80 bits per heavy atom. The van der Waals surface area contributed by atoms with E-state index in [1.807, 2.05) is 18.2 Å². The molecule has 0 unspecified atom stereocenters. The van der Waals surface area contributed by atoms with E-state index in [-0.39, 0.29) is 55.3 Å². The number of rotatable bonds is 10. The largest absolute Gasteiger partial charge is 0.361 e. The fourth-order valence-corrected chi connectivity index (χ4v) is 6.26. The number of carbonyl (C=O) groups is 5. The Balaban J connectivity index is 1.31. The van der Waals surface area contributed by atoms with Crippen LogP contribution >= 0.6 is 0 Å². The van der Waals surface area contributed by atoms with Crippen molar-refractivity contribution in [2.45, 2.75) is 44.6 Å². The minimum atomic E-state index is -0.731. The normalized spacial score (nSPS) is 20.5. The first kappa shape index (κ1) is 31.6. The number of aryl methyl sites for hydroxylation is 2. The highest BCUT2D eigenvalue weighted by Gasteiger charge is 2.41. The van der Waals surface area contributed by atoms with Crippen LogP contribution in [0.25, 0.3) is 0 Å². The van der Waals surface area contributed by atoms with Crippen LogP contribution in [0.1, 0.15) is 52.8 Å². The van der Waals surface area contributed by atoms with Crippen LogP contribution in [0.3, 0.4) is 0 Å². The fraction of sp³-hybridized carbons (Fsp3) is 0.469. The molecule has 13 nitrogen and oxygen atoms in total. The molecule has 238 valence electrons. The molecule has 0 bridgehead atoms. The maximum absolute atomic E-state index is 14.0. The lowest BCUT2D eigenvalue weighted by molar-refractivity contribution is -0.140. The van der Waals surface area contributed by atoms with Crippen molar-refractivity contribution in [3.05, 3.63) is 71.6 Å². The van der Waals surface area contributed by atoms with E-state index in [1.165, 1.54) is 7.05 Å². The van der Waals surface area contributed by atoms with E-state index >= 15 is 0 Å². The van der Waals surface area contributed by atoms with E-state index in [9.17, 15) is 24.0 Å². The molecule has 5 rings (SSSR count). The van der Waals surface area contributed by atoms with E-state index in [0.29, 0.717) is 48.8 Å². The molecule has 4 amide bonds. The number of imidazole rings is 1. The fourth-order valence-electron chi connectivity index (χ4n) is 6.26. The molecule has 2 aromatic heterocycles. The monoisotopic (exact) mass is 617 g/mol. The third-order valence-electron chi connectivity index (χ3n) is 8.70. The number of nitrogens with one attached hydrogen (secondary N) is 2. The standard InChI is InChI=1S/C32H39N7O6/c1-20-15-23(45-36-20)16-28(41)35-26-10-13-39(31(43)22-9-12-38(18-22)32(44)29-34-11-14-37(29)3)19-25(26)27(40)17-24(30(42)33-2)21-7-5-4-6-8-21/h4-8,11,14-15,22,24-26H,9-10,12-13,16-19H2,1-3H3,(H,33,42)(H,35,41)/t22-,24-,25-,26-/m0/s1. The number of likely N-dealkylation sites (tertiary alicyclic amines) is 2. The number of nitrogens with zero attached hydrogens (tertiary/aromatic N) is 5. The summed E-state index contributed by atoms with van der Waals surface area (Å²) in [4.78, 5) is 74.0. The summed E-state index contributed by atoms with van der Waals surface area (Å²) in [7, 11) is 3.28. The van der Waals surface area contributed by atoms with Gasteiger partial charge in [0.05, 0.1) is 29.9 Å². The Hall–Kier alpha value is -4.81. The van der Waals surface area contributed by atoms with Gasteiger partial charge >= 0.3 is 0 Å². The number of amides is 4. The smallest absolute Gasteiger partial charge is 0.289 e. The quantitative estimate of drug-likeness (QED) is 0.344. The summed E-state index contributed by atoms with van der Waals surface area (Å²) in [5, 5.41) is 9.47. The van der Waals surface area contributed by atoms with Crippen LogP contribution in [0.15, 0.2) is 53.3 Å². The summed E-state index contributed by atoms with van der Waals surface area (Å²) in [5.74, 6) is -2.31. The molecule has 0 radical (unpaired) electrons. The number of likely N-dealkylation sites (N-methyl/N-ethyl adjacent to an activating group) is 1. The average Bonchev–Trinajstić information content (AvgIpc) is 3.81. The molecule has 13 heteroatoms. The van der Waals surface area contributed by atoms with E-state index < -0.39 is 23.8 Å². The summed E-state index contributed by atoms with van der Waals surface area (Å²) in [6.07, 6.45) is 4.01. The Kier molecular flexibility index (Phi) is 9.74. The van der Waals surface area contributed by atoms with Crippen molar-refractivity contribution in [2.24, 2.45) is 18.9 Å². The summed E-state index contributed by atoms with van der Waals surface area (Å²) < 4.78 is 6.84. The van der Waals surface area contributed by atoms with E-state index in [0.717, 1.165) is 0 Å². The van der Waals surface area contributed by atoms with Gasteiger partial charge in [-0.05, 0) is 25.3 Å². The van der Waals surface area contributed by atoms with Crippen molar-refractivity contribution in [1.82, 2.24) is 35.1 Å². The molecule has 2 fully saturated rings. The van der Waals surface area contributed by atoms with Crippen LogP contribution in [-0.2, 0) is 32.6 Å². The summed E-state index contributed by atoms with van der Waals surface area (Å²) in [5.41, 5.74) is 1.37. The molecule has 0 saturated carbocycles. The zero-order valence-electron chi connectivity index (χ0n) is 25.8. The number of carbonyl (C=O) groups excluding carboxylic acids is 5. The van der Waals surface area contributed by atoms with Gasteiger partial charge in [0.1, 0.15) is 11.5 Å². The van der Waals surface area contributed by atoms with Gasteiger partial charge in [-0.25, -0.2) is 4.98 Å². The number of Topliss-reactive ketones (excluding diaryl/α,β-unsaturated/α-hetero) is 1. The van der Waals surface area contributed by atoms with Crippen LogP contribution < -0.4 is 10.6 Å². The van der Waals surface area contributed by atoms with Gasteiger partial charge in [-0.1, -0.05) is 35.5 Å². The molecule has 45 heavy (non-hydrogen) atoms. The predicted molar refractivity (Wildman–Crippen MR) is 162 cm³/mol. The lowest BCUT2D eigenvalue weighted by Gasteiger charge is -2.39.